The van der Waals surface area contributed by atoms with Crippen LogP contribution in [-0.2, 0) is 4.74 Å². The highest BCUT2D eigenvalue weighted by Crippen LogP contribution is 2.27. The summed E-state index contributed by atoms with van der Waals surface area (Å²) in [7, 11) is 2.97. The molecule has 0 spiro atoms. The van der Waals surface area contributed by atoms with Crippen molar-refractivity contribution < 1.29 is 9.53 Å². The molecule has 0 aliphatic heterocycles. The van der Waals surface area contributed by atoms with E-state index < -0.39 is 11.5 Å². The molecule has 0 saturated heterocycles. The van der Waals surface area contributed by atoms with E-state index >= 15 is 0 Å². The zero-order chi connectivity index (χ0) is 14.7. The van der Waals surface area contributed by atoms with E-state index in [4.69, 9.17) is 10.5 Å². The van der Waals surface area contributed by atoms with E-state index in [0.29, 0.717) is 11.3 Å². The summed E-state index contributed by atoms with van der Waals surface area (Å²) in [6, 6.07) is 6.83. The van der Waals surface area contributed by atoms with E-state index in [1.54, 1.807) is 36.2 Å². The number of nitrogens with one attached hydrogen (secondary N) is 1. The van der Waals surface area contributed by atoms with E-state index in [0.717, 1.165) is 0 Å². The van der Waals surface area contributed by atoms with Gasteiger partial charge in [0.15, 0.2) is 5.82 Å². The number of nitrogens with two attached hydrogens (primary N) is 1. The van der Waals surface area contributed by atoms with Crippen molar-refractivity contribution in [2.75, 3.05) is 24.8 Å². The van der Waals surface area contributed by atoms with E-state index in [1.807, 2.05) is 0 Å². The van der Waals surface area contributed by atoms with Crippen molar-refractivity contribution in [2.24, 2.45) is 0 Å². The Morgan fingerprint density at radius 2 is 2.10 bits per heavy atom. The number of esters is 1. The molecule has 20 heavy (non-hydrogen) atoms. The Kier molecular flexibility index (Phi) is 3.69. The highest BCUT2D eigenvalue weighted by atomic mass is 16.5. The first kappa shape index (κ1) is 13.6. The van der Waals surface area contributed by atoms with Crippen LogP contribution in [0, 0.1) is 0 Å². The first-order chi connectivity index (χ1) is 9.56. The summed E-state index contributed by atoms with van der Waals surface area (Å²) in [5.74, 6) is -0.207. The molecule has 0 fully saturated rings. The summed E-state index contributed by atoms with van der Waals surface area (Å²) < 4.78 is 4.73. The zero-order valence-electron chi connectivity index (χ0n) is 11.1. The Bertz CT molecular complexity index is 696. The SMILES string of the molecule is COC(=O)c1ccccc1N(C)c1nc[nH]c(=O)c1N. The van der Waals surface area contributed by atoms with Crippen LogP contribution in [0.5, 0.6) is 0 Å². The van der Waals surface area contributed by atoms with Crippen molar-refractivity contribution >= 4 is 23.2 Å². The van der Waals surface area contributed by atoms with Crippen molar-refractivity contribution in [1.29, 1.82) is 0 Å². The minimum atomic E-state index is -0.476. The molecule has 2 aromatic rings. The third-order valence-corrected chi connectivity index (χ3v) is 2.86. The predicted molar refractivity (Wildman–Crippen MR) is 75.1 cm³/mol. The number of para-hydroxylation sites is 1. The van der Waals surface area contributed by atoms with Gasteiger partial charge in [0.25, 0.3) is 5.56 Å². The topological polar surface area (TPSA) is 101 Å². The van der Waals surface area contributed by atoms with Crippen molar-refractivity contribution in [3.63, 3.8) is 0 Å². The number of methoxy groups -OCH3 is 1. The normalized spacial score (nSPS) is 10.1. The van der Waals surface area contributed by atoms with Gasteiger partial charge in [-0.15, -0.1) is 0 Å². The molecule has 7 heteroatoms. The Morgan fingerprint density at radius 1 is 1.40 bits per heavy atom. The average Bonchev–Trinajstić information content (AvgIpc) is 2.48. The molecule has 2 rings (SSSR count). The molecule has 0 aliphatic carbocycles. The van der Waals surface area contributed by atoms with Crippen molar-refractivity contribution in [3.8, 4) is 0 Å². The number of hydrogen-bond donors (Lipinski definition) is 2. The summed E-state index contributed by atoms with van der Waals surface area (Å²) in [6.07, 6.45) is 1.26. The number of anilines is 3. The lowest BCUT2D eigenvalue weighted by Gasteiger charge is -2.21. The fourth-order valence-corrected chi connectivity index (χ4v) is 1.83. The Balaban J connectivity index is 2.54. The summed E-state index contributed by atoms with van der Waals surface area (Å²) in [6.45, 7) is 0. The second-order valence-corrected chi connectivity index (χ2v) is 4.04. The molecule has 0 radical (unpaired) electrons. The largest absolute Gasteiger partial charge is 0.465 e. The quantitative estimate of drug-likeness (QED) is 0.806. The number of rotatable bonds is 3. The molecule has 0 atom stereocenters. The van der Waals surface area contributed by atoms with Crippen LogP contribution in [0.2, 0.25) is 0 Å². The maximum Gasteiger partial charge on any atom is 0.339 e. The lowest BCUT2D eigenvalue weighted by molar-refractivity contribution is 0.0601. The molecule has 0 saturated carbocycles. The van der Waals surface area contributed by atoms with Gasteiger partial charge in [0, 0.05) is 7.05 Å². The molecule has 0 aliphatic rings. The molecule has 1 aromatic heterocycles. The standard InChI is InChI=1S/C13H14N4O3/c1-17(11-10(14)12(18)16-7-15-11)9-6-4-3-5-8(9)13(19)20-2/h3-7H,14H2,1-2H3,(H,15,16,18). The molecular weight excluding hydrogens is 260 g/mol. The summed E-state index contributed by atoms with van der Waals surface area (Å²) in [5, 5.41) is 0. The molecule has 0 amide bonds. The van der Waals surface area contributed by atoms with Gasteiger partial charge in [0.2, 0.25) is 0 Å². The minimum Gasteiger partial charge on any atom is -0.465 e. The molecular formula is C13H14N4O3. The smallest absolute Gasteiger partial charge is 0.339 e. The van der Waals surface area contributed by atoms with Crippen LogP contribution in [0.15, 0.2) is 35.4 Å². The van der Waals surface area contributed by atoms with Crippen molar-refractivity contribution in [3.05, 3.63) is 46.5 Å². The fraction of sp³-hybridized carbons (Fsp3) is 0.154. The third kappa shape index (κ3) is 2.33. The molecule has 0 bridgehead atoms. The van der Waals surface area contributed by atoms with E-state index in [1.165, 1.54) is 13.4 Å². The van der Waals surface area contributed by atoms with Gasteiger partial charge in [-0.05, 0) is 12.1 Å². The van der Waals surface area contributed by atoms with Gasteiger partial charge in [0.1, 0.15) is 5.69 Å². The molecule has 104 valence electrons. The number of nitrogen functional groups attached to an aromatic ring is 1. The molecule has 1 heterocycles. The van der Waals surface area contributed by atoms with Crippen LogP contribution < -0.4 is 16.2 Å². The minimum absolute atomic E-state index is 0.0188. The van der Waals surface area contributed by atoms with Gasteiger partial charge in [-0.2, -0.15) is 0 Å². The maximum absolute atomic E-state index is 11.8. The first-order valence-electron chi connectivity index (χ1n) is 5.80. The van der Waals surface area contributed by atoms with Crippen LogP contribution in [-0.4, -0.2) is 30.1 Å². The number of aromatic nitrogens is 2. The third-order valence-electron chi connectivity index (χ3n) is 2.86. The average molecular weight is 274 g/mol. The Morgan fingerprint density at radius 3 is 2.80 bits per heavy atom. The molecule has 1 aromatic carbocycles. The van der Waals surface area contributed by atoms with Gasteiger partial charge >= 0.3 is 5.97 Å². The second kappa shape index (κ2) is 5.43. The van der Waals surface area contributed by atoms with Crippen LogP contribution >= 0.6 is 0 Å². The number of nitrogens with zero attached hydrogens (tertiary/aromatic N) is 2. The highest BCUT2D eigenvalue weighted by molar-refractivity contribution is 5.97. The zero-order valence-corrected chi connectivity index (χ0v) is 11.1. The molecule has 3 N–H and O–H groups in total. The first-order valence-corrected chi connectivity index (χ1v) is 5.80. The van der Waals surface area contributed by atoms with E-state index in [9.17, 15) is 9.59 Å². The second-order valence-electron chi connectivity index (χ2n) is 4.04. The summed E-state index contributed by atoms with van der Waals surface area (Å²) in [4.78, 5) is 31.3. The number of carbonyl (C=O) groups is 1. The number of carbonyl (C=O) groups excluding carboxylic acids is 1. The van der Waals surface area contributed by atoms with Crippen molar-refractivity contribution in [1.82, 2.24) is 9.97 Å². The van der Waals surface area contributed by atoms with Crippen LogP contribution in [0.3, 0.4) is 0 Å². The van der Waals surface area contributed by atoms with Gasteiger partial charge in [0.05, 0.1) is 24.7 Å². The van der Waals surface area contributed by atoms with Gasteiger partial charge < -0.3 is 20.4 Å². The van der Waals surface area contributed by atoms with Gasteiger partial charge in [-0.3, -0.25) is 4.79 Å². The van der Waals surface area contributed by atoms with Gasteiger partial charge in [-0.1, -0.05) is 12.1 Å². The van der Waals surface area contributed by atoms with E-state index in [2.05, 4.69) is 9.97 Å². The summed E-state index contributed by atoms with van der Waals surface area (Å²) >= 11 is 0. The fourth-order valence-electron chi connectivity index (χ4n) is 1.83. The lowest BCUT2D eigenvalue weighted by atomic mass is 10.1. The Hall–Kier alpha value is -2.83. The van der Waals surface area contributed by atoms with Gasteiger partial charge in [-0.25, -0.2) is 9.78 Å². The monoisotopic (exact) mass is 274 g/mol. The number of hydrogen-bond acceptors (Lipinski definition) is 6. The number of benzene rings is 1. The van der Waals surface area contributed by atoms with Crippen LogP contribution in [0.4, 0.5) is 17.2 Å². The van der Waals surface area contributed by atoms with Crippen LogP contribution in [0.1, 0.15) is 10.4 Å². The number of ether oxygens (including phenoxy) is 1. The lowest BCUT2D eigenvalue weighted by Crippen LogP contribution is -2.22. The Labute approximate surface area is 115 Å². The predicted octanol–water partition coefficient (Wildman–Crippen LogP) is 0.907. The number of aromatic amines is 1. The molecule has 7 nitrogen and oxygen atoms in total. The molecule has 0 unspecified atom stereocenters. The highest BCUT2D eigenvalue weighted by Gasteiger charge is 2.18. The van der Waals surface area contributed by atoms with E-state index in [-0.39, 0.29) is 11.5 Å². The summed E-state index contributed by atoms with van der Waals surface area (Å²) in [5.41, 5.74) is 6.17. The maximum atomic E-state index is 11.8. The van der Waals surface area contributed by atoms with Crippen LogP contribution in [0.25, 0.3) is 0 Å². The van der Waals surface area contributed by atoms with Crippen molar-refractivity contribution in [2.45, 2.75) is 0 Å². The number of H-pyrrole nitrogens is 1.